The van der Waals surface area contributed by atoms with Gasteiger partial charge in [0.1, 0.15) is 18.2 Å². The van der Waals surface area contributed by atoms with Crippen LogP contribution in [-0.4, -0.2) is 33.1 Å². The number of hydrogen-bond acceptors (Lipinski definition) is 6. The highest BCUT2D eigenvalue weighted by Crippen LogP contribution is 2.35. The van der Waals surface area contributed by atoms with E-state index in [2.05, 4.69) is 38.2 Å². The number of aromatic nitrogens is 4. The fourth-order valence-corrected chi connectivity index (χ4v) is 3.40. The molecule has 0 amide bonds. The second-order valence-electron chi connectivity index (χ2n) is 6.96. The van der Waals surface area contributed by atoms with Crippen molar-refractivity contribution in [2.45, 2.75) is 44.9 Å². The highest BCUT2D eigenvalue weighted by Gasteiger charge is 2.29. The Hall–Kier alpha value is -1.93. The molecule has 7 nitrogen and oxygen atoms in total. The minimum Gasteiger partial charge on any atom is -0.377 e. The van der Waals surface area contributed by atoms with Gasteiger partial charge in [-0.15, -0.1) is 24.8 Å². The summed E-state index contributed by atoms with van der Waals surface area (Å²) in [6.45, 7) is 3.03. The standard InChI is InChI=1S/C19H24N6O.2ClH/c1-11-4-3-5-14-19(11)25-17(22-14)9-21-16-8-15(12-6-13(20)7-12)23-18(24-16)10-26-2;;/h3-5,8,12-13H,6-7,9-10,20H2,1-2H3,(H,22,25)(H,21,23,24);2*1H. The Morgan fingerprint density at radius 3 is 2.68 bits per heavy atom. The molecule has 1 aliphatic carbocycles. The van der Waals surface area contributed by atoms with E-state index in [-0.39, 0.29) is 30.9 Å². The van der Waals surface area contributed by atoms with Crippen LogP contribution in [0.3, 0.4) is 0 Å². The lowest BCUT2D eigenvalue weighted by atomic mass is 9.78. The smallest absolute Gasteiger partial charge is 0.156 e. The SMILES string of the molecule is COCc1nc(NCc2nc3c(C)cccc3[nH]2)cc(C2CC(N)C2)n1.Cl.Cl. The molecule has 9 heteroatoms. The number of nitrogens with one attached hydrogen (secondary N) is 2. The maximum atomic E-state index is 5.93. The number of nitrogens with two attached hydrogens (primary N) is 1. The number of methoxy groups -OCH3 is 1. The van der Waals surface area contributed by atoms with Crippen LogP contribution in [0.15, 0.2) is 24.3 Å². The van der Waals surface area contributed by atoms with E-state index in [1.165, 1.54) is 0 Å². The van der Waals surface area contributed by atoms with Crippen molar-refractivity contribution >= 4 is 41.7 Å². The lowest BCUT2D eigenvalue weighted by Gasteiger charge is -2.32. The molecule has 0 radical (unpaired) electrons. The first kappa shape index (κ1) is 22.4. The van der Waals surface area contributed by atoms with Crippen molar-refractivity contribution in [2.75, 3.05) is 12.4 Å². The minimum absolute atomic E-state index is 0. The number of aromatic amines is 1. The normalized spacial score (nSPS) is 18.1. The molecule has 1 aliphatic rings. The van der Waals surface area contributed by atoms with Crippen LogP contribution in [0.4, 0.5) is 5.82 Å². The van der Waals surface area contributed by atoms with Gasteiger partial charge in [0.05, 0.1) is 17.6 Å². The molecule has 0 spiro atoms. The molecule has 0 saturated heterocycles. The van der Waals surface area contributed by atoms with Crippen LogP contribution in [0, 0.1) is 6.92 Å². The zero-order chi connectivity index (χ0) is 18.1. The number of imidazole rings is 1. The number of rotatable bonds is 6. The molecule has 0 bridgehead atoms. The molecule has 1 fully saturated rings. The van der Waals surface area contributed by atoms with Gasteiger partial charge >= 0.3 is 0 Å². The summed E-state index contributed by atoms with van der Waals surface area (Å²) in [6.07, 6.45) is 1.96. The molecule has 2 aromatic heterocycles. The number of hydrogen-bond donors (Lipinski definition) is 3. The van der Waals surface area contributed by atoms with Crippen LogP contribution in [0.5, 0.6) is 0 Å². The average Bonchev–Trinajstić information content (AvgIpc) is 3.02. The Bertz CT molecular complexity index is 926. The highest BCUT2D eigenvalue weighted by molar-refractivity contribution is 5.85. The van der Waals surface area contributed by atoms with Gasteiger partial charge in [0.25, 0.3) is 0 Å². The third-order valence-electron chi connectivity index (χ3n) is 4.86. The summed E-state index contributed by atoms with van der Waals surface area (Å²) in [5.41, 5.74) is 10.2. The molecule has 0 unspecified atom stereocenters. The number of benzene rings is 1. The molecule has 0 atom stereocenters. The summed E-state index contributed by atoms with van der Waals surface area (Å²) in [5.74, 6) is 2.78. The lowest BCUT2D eigenvalue weighted by Crippen LogP contribution is -2.35. The fraction of sp³-hybridized carbons (Fsp3) is 0.421. The predicted molar refractivity (Wildman–Crippen MR) is 115 cm³/mol. The van der Waals surface area contributed by atoms with Crippen LogP contribution in [-0.2, 0) is 17.9 Å². The van der Waals surface area contributed by atoms with E-state index < -0.39 is 0 Å². The molecular formula is C19H26Cl2N6O. The van der Waals surface area contributed by atoms with Crippen molar-refractivity contribution in [3.05, 3.63) is 47.2 Å². The Kier molecular flexibility index (Phi) is 7.60. The quantitative estimate of drug-likeness (QED) is 0.559. The van der Waals surface area contributed by atoms with Crippen molar-refractivity contribution in [1.82, 2.24) is 19.9 Å². The summed E-state index contributed by atoms with van der Waals surface area (Å²) in [4.78, 5) is 17.2. The molecule has 0 aliphatic heterocycles. The van der Waals surface area contributed by atoms with E-state index in [0.717, 1.165) is 46.8 Å². The Morgan fingerprint density at radius 2 is 2.00 bits per heavy atom. The Balaban J connectivity index is 0.00000140. The summed E-state index contributed by atoms with van der Waals surface area (Å²) in [6, 6.07) is 8.44. The topological polar surface area (TPSA) is 102 Å². The second kappa shape index (κ2) is 9.52. The zero-order valence-electron chi connectivity index (χ0n) is 15.9. The summed E-state index contributed by atoms with van der Waals surface area (Å²) in [7, 11) is 1.65. The van der Waals surface area contributed by atoms with E-state index in [4.69, 9.17) is 10.5 Å². The number of anilines is 1. The number of ether oxygens (including phenoxy) is 1. The number of aryl methyl sites for hydroxylation is 1. The first-order valence-electron chi connectivity index (χ1n) is 8.93. The summed E-state index contributed by atoms with van der Waals surface area (Å²) in [5, 5.41) is 3.36. The van der Waals surface area contributed by atoms with Gasteiger partial charge in [-0.25, -0.2) is 15.0 Å². The third-order valence-corrected chi connectivity index (χ3v) is 4.86. The van der Waals surface area contributed by atoms with Crippen molar-refractivity contribution in [3.63, 3.8) is 0 Å². The van der Waals surface area contributed by atoms with Crippen molar-refractivity contribution in [1.29, 1.82) is 0 Å². The van der Waals surface area contributed by atoms with Gasteiger partial charge in [0.15, 0.2) is 5.82 Å². The lowest BCUT2D eigenvalue weighted by molar-refractivity contribution is 0.177. The average molecular weight is 425 g/mol. The van der Waals surface area contributed by atoms with Gasteiger partial charge < -0.3 is 20.8 Å². The number of nitrogens with zero attached hydrogens (tertiary/aromatic N) is 3. The van der Waals surface area contributed by atoms with Gasteiger partial charge in [0, 0.05) is 30.8 Å². The maximum Gasteiger partial charge on any atom is 0.156 e. The maximum absolute atomic E-state index is 5.93. The molecule has 2 heterocycles. The highest BCUT2D eigenvalue weighted by atomic mass is 35.5. The summed E-state index contributed by atoms with van der Waals surface area (Å²) >= 11 is 0. The van der Waals surface area contributed by atoms with E-state index in [9.17, 15) is 0 Å². The monoisotopic (exact) mass is 424 g/mol. The summed E-state index contributed by atoms with van der Waals surface area (Å²) < 4.78 is 5.21. The number of fused-ring (bicyclic) bond motifs is 1. The molecule has 4 rings (SSSR count). The van der Waals surface area contributed by atoms with Crippen molar-refractivity contribution in [3.8, 4) is 0 Å². The minimum atomic E-state index is 0. The largest absolute Gasteiger partial charge is 0.377 e. The number of halogens is 2. The predicted octanol–water partition coefficient (Wildman–Crippen LogP) is 3.47. The molecule has 1 saturated carbocycles. The molecule has 1 aromatic carbocycles. The van der Waals surface area contributed by atoms with Crippen LogP contribution in [0.2, 0.25) is 0 Å². The Labute approximate surface area is 176 Å². The zero-order valence-corrected chi connectivity index (χ0v) is 17.6. The van der Waals surface area contributed by atoms with Gasteiger partial charge in [-0.3, -0.25) is 0 Å². The van der Waals surface area contributed by atoms with E-state index in [1.54, 1.807) is 7.11 Å². The fourth-order valence-electron chi connectivity index (χ4n) is 3.40. The first-order chi connectivity index (χ1) is 12.6. The number of H-pyrrole nitrogens is 1. The van der Waals surface area contributed by atoms with Crippen LogP contribution >= 0.6 is 24.8 Å². The van der Waals surface area contributed by atoms with Crippen molar-refractivity contribution in [2.24, 2.45) is 5.73 Å². The molecule has 4 N–H and O–H groups in total. The van der Waals surface area contributed by atoms with E-state index in [0.29, 0.717) is 24.9 Å². The van der Waals surface area contributed by atoms with E-state index >= 15 is 0 Å². The van der Waals surface area contributed by atoms with E-state index in [1.807, 2.05) is 18.2 Å². The van der Waals surface area contributed by atoms with Gasteiger partial charge in [-0.2, -0.15) is 0 Å². The Morgan fingerprint density at radius 1 is 1.21 bits per heavy atom. The van der Waals surface area contributed by atoms with Crippen LogP contribution in [0.25, 0.3) is 11.0 Å². The molecular weight excluding hydrogens is 399 g/mol. The first-order valence-corrected chi connectivity index (χ1v) is 8.93. The van der Waals surface area contributed by atoms with Crippen LogP contribution < -0.4 is 11.1 Å². The van der Waals surface area contributed by atoms with Crippen LogP contribution in [0.1, 0.15) is 41.7 Å². The molecule has 152 valence electrons. The second-order valence-corrected chi connectivity index (χ2v) is 6.96. The number of para-hydroxylation sites is 1. The van der Waals surface area contributed by atoms with Gasteiger partial charge in [0.2, 0.25) is 0 Å². The van der Waals surface area contributed by atoms with Crippen molar-refractivity contribution < 1.29 is 4.74 Å². The van der Waals surface area contributed by atoms with Gasteiger partial charge in [-0.1, -0.05) is 12.1 Å². The van der Waals surface area contributed by atoms with Gasteiger partial charge in [-0.05, 0) is 31.4 Å². The molecule has 28 heavy (non-hydrogen) atoms. The third kappa shape index (κ3) is 4.72. The molecule has 3 aromatic rings.